The molecule has 1 aromatic rings. The second-order valence-electron chi connectivity index (χ2n) is 2.89. The number of hydrogen-bond acceptors (Lipinski definition) is 3. The first kappa shape index (κ1) is 11.7. The number of rotatable bonds is 6. The summed E-state index contributed by atoms with van der Waals surface area (Å²) in [5, 5.41) is 3.33. The van der Waals surface area contributed by atoms with Crippen LogP contribution in [0, 0.1) is 0 Å². The minimum Gasteiger partial charge on any atom is -0.481 e. The minimum atomic E-state index is 0.679. The van der Waals surface area contributed by atoms with Crippen LogP contribution >= 0.6 is 22.6 Å². The standard InChI is InChI=1S/C10H15IN2O/c1-14-10-5-2-4-9(13-10)8-12-7-3-6-11/h2,4-5,12H,3,6-8H2,1H3. The van der Waals surface area contributed by atoms with Crippen molar-refractivity contribution < 1.29 is 4.74 Å². The maximum atomic E-state index is 5.04. The number of ether oxygens (including phenoxy) is 1. The maximum absolute atomic E-state index is 5.04. The largest absolute Gasteiger partial charge is 0.481 e. The Hall–Kier alpha value is -0.360. The Kier molecular flexibility index (Phi) is 5.86. The van der Waals surface area contributed by atoms with Crippen LogP contribution < -0.4 is 10.1 Å². The predicted octanol–water partition coefficient (Wildman–Crippen LogP) is 2.00. The number of hydrogen-bond donors (Lipinski definition) is 1. The highest BCUT2D eigenvalue weighted by molar-refractivity contribution is 14.1. The molecule has 1 heterocycles. The van der Waals surface area contributed by atoms with Crippen LogP contribution in [0.2, 0.25) is 0 Å². The molecule has 0 radical (unpaired) electrons. The smallest absolute Gasteiger partial charge is 0.213 e. The topological polar surface area (TPSA) is 34.1 Å². The molecule has 0 spiro atoms. The van der Waals surface area contributed by atoms with Crippen LogP contribution in [0.15, 0.2) is 18.2 Å². The first-order valence-corrected chi connectivity index (χ1v) is 6.16. The maximum Gasteiger partial charge on any atom is 0.213 e. The number of halogens is 1. The van der Waals surface area contributed by atoms with Crippen molar-refractivity contribution in [3.63, 3.8) is 0 Å². The van der Waals surface area contributed by atoms with Crippen molar-refractivity contribution >= 4 is 22.6 Å². The lowest BCUT2D eigenvalue weighted by atomic mass is 10.3. The van der Waals surface area contributed by atoms with E-state index < -0.39 is 0 Å². The van der Waals surface area contributed by atoms with Crippen LogP contribution in [0.1, 0.15) is 12.1 Å². The molecule has 0 atom stereocenters. The molecule has 0 aromatic carbocycles. The lowest BCUT2D eigenvalue weighted by Crippen LogP contribution is -2.15. The molecule has 1 rings (SSSR count). The fourth-order valence-corrected chi connectivity index (χ4v) is 1.46. The molecule has 0 aliphatic carbocycles. The van der Waals surface area contributed by atoms with E-state index in [1.54, 1.807) is 7.11 Å². The van der Waals surface area contributed by atoms with Crippen molar-refractivity contribution in [1.29, 1.82) is 0 Å². The van der Waals surface area contributed by atoms with E-state index >= 15 is 0 Å². The normalized spacial score (nSPS) is 10.1. The Morgan fingerprint density at radius 1 is 1.50 bits per heavy atom. The Bertz CT molecular complexity index is 268. The Morgan fingerprint density at radius 3 is 3.07 bits per heavy atom. The number of nitrogens with zero attached hydrogens (tertiary/aromatic N) is 1. The molecule has 0 unspecified atom stereocenters. The van der Waals surface area contributed by atoms with Gasteiger partial charge in [0.05, 0.1) is 12.8 Å². The molecule has 0 saturated carbocycles. The van der Waals surface area contributed by atoms with E-state index in [-0.39, 0.29) is 0 Å². The van der Waals surface area contributed by atoms with Crippen molar-refractivity contribution in [2.75, 3.05) is 18.1 Å². The van der Waals surface area contributed by atoms with E-state index in [9.17, 15) is 0 Å². The van der Waals surface area contributed by atoms with Crippen LogP contribution in [-0.2, 0) is 6.54 Å². The highest BCUT2D eigenvalue weighted by Gasteiger charge is 1.96. The van der Waals surface area contributed by atoms with Crippen LogP contribution in [-0.4, -0.2) is 23.1 Å². The number of alkyl halides is 1. The number of aromatic nitrogens is 1. The average Bonchev–Trinajstić information content (AvgIpc) is 2.25. The van der Waals surface area contributed by atoms with Crippen molar-refractivity contribution in [1.82, 2.24) is 10.3 Å². The molecule has 1 aromatic heterocycles. The van der Waals surface area contributed by atoms with Crippen LogP contribution in [0.4, 0.5) is 0 Å². The fourth-order valence-electron chi connectivity index (χ4n) is 1.08. The van der Waals surface area contributed by atoms with Gasteiger partial charge in [0.1, 0.15) is 0 Å². The third kappa shape index (κ3) is 4.23. The average molecular weight is 306 g/mol. The lowest BCUT2D eigenvalue weighted by molar-refractivity contribution is 0.395. The molecule has 0 aliphatic heterocycles. The third-order valence-electron chi connectivity index (χ3n) is 1.78. The van der Waals surface area contributed by atoms with E-state index in [0.29, 0.717) is 5.88 Å². The van der Waals surface area contributed by atoms with Gasteiger partial charge in [0.2, 0.25) is 5.88 Å². The van der Waals surface area contributed by atoms with Crippen molar-refractivity contribution in [3.05, 3.63) is 23.9 Å². The summed E-state index contributed by atoms with van der Waals surface area (Å²) in [5.74, 6) is 0.679. The van der Waals surface area contributed by atoms with Gasteiger partial charge in [-0.25, -0.2) is 4.98 Å². The van der Waals surface area contributed by atoms with Gasteiger partial charge in [-0.1, -0.05) is 28.7 Å². The SMILES string of the molecule is COc1cccc(CNCCCI)n1. The zero-order valence-corrected chi connectivity index (χ0v) is 10.5. The Balaban J connectivity index is 2.34. The summed E-state index contributed by atoms with van der Waals surface area (Å²) in [6, 6.07) is 5.81. The molecular weight excluding hydrogens is 291 g/mol. The highest BCUT2D eigenvalue weighted by Crippen LogP contribution is 2.05. The van der Waals surface area contributed by atoms with Crippen molar-refractivity contribution in [3.8, 4) is 5.88 Å². The van der Waals surface area contributed by atoms with Gasteiger partial charge in [0.15, 0.2) is 0 Å². The summed E-state index contributed by atoms with van der Waals surface area (Å²) in [6.07, 6.45) is 1.20. The summed E-state index contributed by atoms with van der Waals surface area (Å²) in [4.78, 5) is 4.30. The van der Waals surface area contributed by atoms with E-state index in [2.05, 4.69) is 32.9 Å². The van der Waals surface area contributed by atoms with Gasteiger partial charge in [0, 0.05) is 17.0 Å². The van der Waals surface area contributed by atoms with Gasteiger partial charge >= 0.3 is 0 Å². The summed E-state index contributed by atoms with van der Waals surface area (Å²) >= 11 is 2.38. The summed E-state index contributed by atoms with van der Waals surface area (Å²) in [5.41, 5.74) is 1.03. The molecule has 4 heteroatoms. The van der Waals surface area contributed by atoms with Crippen LogP contribution in [0.5, 0.6) is 5.88 Å². The molecule has 0 bridgehead atoms. The van der Waals surface area contributed by atoms with E-state index in [1.165, 1.54) is 10.8 Å². The molecule has 0 amide bonds. The summed E-state index contributed by atoms with van der Waals surface area (Å²) in [6.45, 7) is 1.86. The highest BCUT2D eigenvalue weighted by atomic mass is 127. The molecular formula is C10H15IN2O. The zero-order chi connectivity index (χ0) is 10.2. The second kappa shape index (κ2) is 7.00. The monoisotopic (exact) mass is 306 g/mol. The molecule has 1 N–H and O–H groups in total. The number of nitrogens with one attached hydrogen (secondary N) is 1. The lowest BCUT2D eigenvalue weighted by Gasteiger charge is -2.04. The Morgan fingerprint density at radius 2 is 2.36 bits per heavy atom. The first-order valence-electron chi connectivity index (χ1n) is 4.63. The van der Waals surface area contributed by atoms with Crippen molar-refractivity contribution in [2.45, 2.75) is 13.0 Å². The second-order valence-corrected chi connectivity index (χ2v) is 3.97. The number of pyridine rings is 1. The molecule has 78 valence electrons. The van der Waals surface area contributed by atoms with Crippen molar-refractivity contribution in [2.24, 2.45) is 0 Å². The predicted molar refractivity (Wildman–Crippen MR) is 66.0 cm³/mol. The molecule has 0 saturated heterocycles. The number of methoxy groups -OCH3 is 1. The fraction of sp³-hybridized carbons (Fsp3) is 0.500. The Labute approximate surface area is 98.4 Å². The summed E-state index contributed by atoms with van der Waals surface area (Å²) in [7, 11) is 1.63. The van der Waals surface area contributed by atoms with Gasteiger partial charge in [-0.2, -0.15) is 0 Å². The van der Waals surface area contributed by atoms with Gasteiger partial charge < -0.3 is 10.1 Å². The van der Waals surface area contributed by atoms with Crippen LogP contribution in [0.3, 0.4) is 0 Å². The van der Waals surface area contributed by atoms with E-state index in [1.807, 2.05) is 18.2 Å². The van der Waals surface area contributed by atoms with Crippen LogP contribution in [0.25, 0.3) is 0 Å². The van der Waals surface area contributed by atoms with E-state index in [0.717, 1.165) is 18.8 Å². The molecule has 14 heavy (non-hydrogen) atoms. The van der Waals surface area contributed by atoms with Gasteiger partial charge in [-0.05, 0) is 19.0 Å². The van der Waals surface area contributed by atoms with Gasteiger partial charge in [-0.3, -0.25) is 0 Å². The molecule has 0 aliphatic rings. The zero-order valence-electron chi connectivity index (χ0n) is 8.29. The van der Waals surface area contributed by atoms with Gasteiger partial charge in [-0.15, -0.1) is 0 Å². The molecule has 3 nitrogen and oxygen atoms in total. The summed E-state index contributed by atoms with van der Waals surface area (Å²) < 4.78 is 6.23. The quantitative estimate of drug-likeness (QED) is 0.496. The minimum absolute atomic E-state index is 0.679. The third-order valence-corrected chi connectivity index (χ3v) is 2.55. The van der Waals surface area contributed by atoms with E-state index in [4.69, 9.17) is 4.74 Å². The first-order chi connectivity index (χ1) is 6.86. The van der Waals surface area contributed by atoms with Gasteiger partial charge in [0.25, 0.3) is 0 Å². The molecule has 0 fully saturated rings.